The molecule has 0 saturated carbocycles. The zero-order chi connectivity index (χ0) is 7.84. The number of aryl methyl sites for hydroxylation is 2. The lowest BCUT2D eigenvalue weighted by Gasteiger charge is -2.18. The fourth-order valence-electron chi connectivity index (χ4n) is 1.68. The number of hydrogen-bond acceptors (Lipinski definition) is 2. The van der Waals surface area contributed by atoms with Crippen LogP contribution in [0, 0.1) is 6.92 Å². The van der Waals surface area contributed by atoms with E-state index in [1.807, 2.05) is 6.92 Å². The molecule has 0 radical (unpaired) electrons. The quantitative estimate of drug-likeness (QED) is 0.562. The molecule has 0 aliphatic carbocycles. The standard InChI is InChI=1S/C8H13N3/c1-6-4-3-5-8-9-7(2)10-11(6)8/h6H,3-5H2,1-2H3. The Morgan fingerprint density at radius 1 is 1.55 bits per heavy atom. The van der Waals surface area contributed by atoms with Crippen molar-refractivity contribution in [3.05, 3.63) is 11.6 Å². The van der Waals surface area contributed by atoms with E-state index in [1.165, 1.54) is 18.7 Å². The van der Waals surface area contributed by atoms with Gasteiger partial charge in [-0.1, -0.05) is 0 Å². The van der Waals surface area contributed by atoms with E-state index in [0.717, 1.165) is 12.2 Å². The topological polar surface area (TPSA) is 30.7 Å². The molecule has 60 valence electrons. The molecule has 1 aliphatic heterocycles. The van der Waals surface area contributed by atoms with Crippen LogP contribution in [0.4, 0.5) is 0 Å². The molecule has 0 fully saturated rings. The van der Waals surface area contributed by atoms with E-state index in [9.17, 15) is 0 Å². The first-order valence-corrected chi connectivity index (χ1v) is 4.19. The molecule has 0 aromatic carbocycles. The summed E-state index contributed by atoms with van der Waals surface area (Å²) in [5.74, 6) is 2.08. The molecule has 11 heavy (non-hydrogen) atoms. The summed E-state index contributed by atoms with van der Waals surface area (Å²) >= 11 is 0. The van der Waals surface area contributed by atoms with Crippen molar-refractivity contribution in [1.29, 1.82) is 0 Å². The Kier molecular flexibility index (Phi) is 1.44. The van der Waals surface area contributed by atoms with Crippen molar-refractivity contribution in [2.75, 3.05) is 0 Å². The van der Waals surface area contributed by atoms with Crippen LogP contribution in [0.15, 0.2) is 0 Å². The van der Waals surface area contributed by atoms with Gasteiger partial charge in [-0.15, -0.1) is 0 Å². The Hall–Kier alpha value is -0.860. The summed E-state index contributed by atoms with van der Waals surface area (Å²) < 4.78 is 2.07. The van der Waals surface area contributed by atoms with Crippen LogP contribution in [0.2, 0.25) is 0 Å². The van der Waals surface area contributed by atoms with E-state index < -0.39 is 0 Å². The van der Waals surface area contributed by atoms with Gasteiger partial charge in [-0.2, -0.15) is 5.10 Å². The first-order valence-electron chi connectivity index (χ1n) is 4.19. The van der Waals surface area contributed by atoms with Crippen molar-refractivity contribution in [2.24, 2.45) is 0 Å². The van der Waals surface area contributed by atoms with Gasteiger partial charge in [0, 0.05) is 6.42 Å². The number of aromatic nitrogens is 3. The zero-order valence-electron chi connectivity index (χ0n) is 7.04. The third-order valence-corrected chi connectivity index (χ3v) is 2.25. The maximum absolute atomic E-state index is 4.35. The number of nitrogens with zero attached hydrogens (tertiary/aromatic N) is 3. The van der Waals surface area contributed by atoms with E-state index in [4.69, 9.17) is 0 Å². The van der Waals surface area contributed by atoms with Crippen LogP contribution in [0.1, 0.15) is 37.5 Å². The number of hydrogen-bond donors (Lipinski definition) is 0. The second-order valence-electron chi connectivity index (χ2n) is 3.26. The van der Waals surface area contributed by atoms with E-state index in [-0.39, 0.29) is 0 Å². The molecule has 3 nitrogen and oxygen atoms in total. The maximum atomic E-state index is 4.35. The van der Waals surface area contributed by atoms with Gasteiger partial charge in [0.05, 0.1) is 6.04 Å². The highest BCUT2D eigenvalue weighted by Crippen LogP contribution is 2.21. The third-order valence-electron chi connectivity index (χ3n) is 2.25. The molecule has 2 heterocycles. The number of rotatable bonds is 0. The van der Waals surface area contributed by atoms with Crippen molar-refractivity contribution in [2.45, 2.75) is 39.2 Å². The summed E-state index contributed by atoms with van der Waals surface area (Å²) in [4.78, 5) is 4.35. The van der Waals surface area contributed by atoms with Crippen molar-refractivity contribution in [1.82, 2.24) is 14.8 Å². The van der Waals surface area contributed by atoms with Crippen molar-refractivity contribution in [3.63, 3.8) is 0 Å². The first-order chi connectivity index (χ1) is 5.27. The van der Waals surface area contributed by atoms with Gasteiger partial charge in [0.25, 0.3) is 0 Å². The highest BCUT2D eigenvalue weighted by atomic mass is 15.4. The van der Waals surface area contributed by atoms with Crippen LogP contribution in [-0.4, -0.2) is 14.8 Å². The minimum Gasteiger partial charge on any atom is -0.247 e. The van der Waals surface area contributed by atoms with E-state index in [1.54, 1.807) is 0 Å². The minimum absolute atomic E-state index is 0.556. The fraction of sp³-hybridized carbons (Fsp3) is 0.750. The van der Waals surface area contributed by atoms with Gasteiger partial charge in [-0.05, 0) is 26.7 Å². The van der Waals surface area contributed by atoms with E-state index in [2.05, 4.69) is 21.7 Å². The molecule has 0 amide bonds. The van der Waals surface area contributed by atoms with Crippen molar-refractivity contribution < 1.29 is 0 Å². The van der Waals surface area contributed by atoms with Crippen LogP contribution in [-0.2, 0) is 6.42 Å². The second-order valence-corrected chi connectivity index (χ2v) is 3.26. The fourth-order valence-corrected chi connectivity index (χ4v) is 1.68. The summed E-state index contributed by atoms with van der Waals surface area (Å²) in [6.45, 7) is 4.16. The lowest BCUT2D eigenvalue weighted by atomic mass is 10.1. The first kappa shape index (κ1) is 6.83. The normalized spacial score (nSPS) is 23.3. The molecule has 3 heteroatoms. The maximum Gasteiger partial charge on any atom is 0.147 e. The Morgan fingerprint density at radius 3 is 3.09 bits per heavy atom. The minimum atomic E-state index is 0.556. The average Bonchev–Trinajstić information content (AvgIpc) is 2.31. The molecule has 1 aromatic rings. The van der Waals surface area contributed by atoms with Gasteiger partial charge >= 0.3 is 0 Å². The summed E-state index contributed by atoms with van der Waals surface area (Å²) in [5, 5.41) is 4.34. The predicted molar refractivity (Wildman–Crippen MR) is 42.4 cm³/mol. The second kappa shape index (κ2) is 2.32. The van der Waals surface area contributed by atoms with Gasteiger partial charge in [0.2, 0.25) is 0 Å². The lowest BCUT2D eigenvalue weighted by molar-refractivity contribution is 0.388. The zero-order valence-corrected chi connectivity index (χ0v) is 7.04. The Morgan fingerprint density at radius 2 is 2.36 bits per heavy atom. The van der Waals surface area contributed by atoms with Crippen LogP contribution in [0.25, 0.3) is 0 Å². The van der Waals surface area contributed by atoms with Crippen LogP contribution < -0.4 is 0 Å². The molecule has 0 saturated heterocycles. The molecule has 1 aromatic heterocycles. The Balaban J connectivity index is 2.43. The molecule has 1 unspecified atom stereocenters. The average molecular weight is 151 g/mol. The van der Waals surface area contributed by atoms with Gasteiger partial charge in [-0.25, -0.2) is 9.67 Å². The van der Waals surface area contributed by atoms with Gasteiger partial charge in [-0.3, -0.25) is 0 Å². The lowest BCUT2D eigenvalue weighted by Crippen LogP contribution is -2.16. The summed E-state index contributed by atoms with van der Waals surface area (Å²) in [7, 11) is 0. The predicted octanol–water partition coefficient (Wildman–Crippen LogP) is 1.48. The number of fused-ring (bicyclic) bond motifs is 1. The highest BCUT2D eigenvalue weighted by Gasteiger charge is 2.17. The van der Waals surface area contributed by atoms with Crippen LogP contribution in [0.3, 0.4) is 0 Å². The summed E-state index contributed by atoms with van der Waals surface area (Å²) in [5.41, 5.74) is 0. The highest BCUT2D eigenvalue weighted by molar-refractivity contribution is 4.96. The Bertz CT molecular complexity index is 264. The monoisotopic (exact) mass is 151 g/mol. The Labute approximate surface area is 66.4 Å². The molecular weight excluding hydrogens is 138 g/mol. The van der Waals surface area contributed by atoms with E-state index in [0.29, 0.717) is 6.04 Å². The van der Waals surface area contributed by atoms with Gasteiger partial charge < -0.3 is 0 Å². The summed E-state index contributed by atoms with van der Waals surface area (Å²) in [6.07, 6.45) is 3.61. The SMILES string of the molecule is Cc1nc2n(n1)C(C)CCC2. The van der Waals surface area contributed by atoms with Crippen molar-refractivity contribution >= 4 is 0 Å². The summed E-state index contributed by atoms with van der Waals surface area (Å²) in [6, 6.07) is 0.556. The van der Waals surface area contributed by atoms with Crippen molar-refractivity contribution in [3.8, 4) is 0 Å². The smallest absolute Gasteiger partial charge is 0.147 e. The molecule has 0 bridgehead atoms. The van der Waals surface area contributed by atoms with Crippen LogP contribution >= 0.6 is 0 Å². The van der Waals surface area contributed by atoms with Crippen LogP contribution in [0.5, 0.6) is 0 Å². The molecule has 2 rings (SSSR count). The largest absolute Gasteiger partial charge is 0.247 e. The molecule has 0 N–H and O–H groups in total. The molecular formula is C8H13N3. The van der Waals surface area contributed by atoms with E-state index >= 15 is 0 Å². The molecule has 1 atom stereocenters. The van der Waals surface area contributed by atoms with Gasteiger partial charge in [0.1, 0.15) is 11.6 Å². The van der Waals surface area contributed by atoms with Gasteiger partial charge in [0.15, 0.2) is 0 Å². The third kappa shape index (κ3) is 1.04. The molecule has 0 spiro atoms. The molecule has 1 aliphatic rings.